The molecule has 2 heterocycles. The fourth-order valence-electron chi connectivity index (χ4n) is 2.47. The normalized spacial score (nSPS) is 17.9. The van der Waals surface area contributed by atoms with Gasteiger partial charge in [-0.05, 0) is 43.5 Å². The van der Waals surface area contributed by atoms with Crippen molar-refractivity contribution < 1.29 is 4.74 Å². The Hall–Kier alpha value is -1.13. The zero-order valence-electron chi connectivity index (χ0n) is 11.4. The highest BCUT2D eigenvalue weighted by atomic mass is 16.5. The molecule has 1 aliphatic heterocycles. The van der Waals surface area contributed by atoms with E-state index in [0.29, 0.717) is 0 Å². The Labute approximate surface area is 109 Å². The van der Waals surface area contributed by atoms with Gasteiger partial charge in [0.2, 0.25) is 0 Å². The van der Waals surface area contributed by atoms with Crippen LogP contribution in [0, 0.1) is 5.92 Å². The second-order valence-corrected chi connectivity index (χ2v) is 4.98. The van der Waals surface area contributed by atoms with Gasteiger partial charge in [0.1, 0.15) is 5.82 Å². The molecule has 0 spiro atoms. The van der Waals surface area contributed by atoms with Gasteiger partial charge in [-0.3, -0.25) is 4.90 Å². The summed E-state index contributed by atoms with van der Waals surface area (Å²) in [7, 11) is 3.68. The van der Waals surface area contributed by atoms with Crippen LogP contribution >= 0.6 is 0 Å². The molecule has 4 nitrogen and oxygen atoms in total. The summed E-state index contributed by atoms with van der Waals surface area (Å²) in [5.74, 6) is 1.67. The van der Waals surface area contributed by atoms with Crippen LogP contribution in [0.15, 0.2) is 18.3 Å². The van der Waals surface area contributed by atoms with Crippen LogP contribution in [0.1, 0.15) is 18.4 Å². The minimum atomic E-state index is 0.746. The number of likely N-dealkylation sites (tertiary alicyclic amines) is 1. The van der Waals surface area contributed by atoms with Gasteiger partial charge in [-0.1, -0.05) is 6.07 Å². The molecule has 0 unspecified atom stereocenters. The monoisotopic (exact) mass is 249 g/mol. The van der Waals surface area contributed by atoms with Crippen LogP contribution in [-0.2, 0) is 11.3 Å². The lowest BCUT2D eigenvalue weighted by molar-refractivity contribution is 0.0968. The van der Waals surface area contributed by atoms with E-state index in [4.69, 9.17) is 4.74 Å². The molecule has 0 saturated carbocycles. The van der Waals surface area contributed by atoms with Gasteiger partial charge >= 0.3 is 0 Å². The van der Waals surface area contributed by atoms with E-state index >= 15 is 0 Å². The van der Waals surface area contributed by atoms with Gasteiger partial charge in [-0.15, -0.1) is 0 Å². The van der Waals surface area contributed by atoms with Gasteiger partial charge in [0.15, 0.2) is 0 Å². The highest BCUT2D eigenvalue weighted by Crippen LogP contribution is 2.19. The summed E-state index contributed by atoms with van der Waals surface area (Å²) in [5.41, 5.74) is 1.29. The number of nitrogens with zero attached hydrogens (tertiary/aromatic N) is 2. The maximum atomic E-state index is 5.22. The number of aromatic nitrogens is 1. The zero-order chi connectivity index (χ0) is 12.8. The molecule has 0 aromatic carbocycles. The summed E-state index contributed by atoms with van der Waals surface area (Å²) < 4.78 is 5.22. The van der Waals surface area contributed by atoms with Crippen LogP contribution < -0.4 is 5.32 Å². The molecule has 4 heteroatoms. The maximum Gasteiger partial charge on any atom is 0.125 e. The number of pyridine rings is 1. The molecule has 0 radical (unpaired) electrons. The molecule has 1 N–H and O–H groups in total. The molecule has 100 valence electrons. The molecule has 1 saturated heterocycles. The smallest absolute Gasteiger partial charge is 0.125 e. The minimum absolute atomic E-state index is 0.746. The quantitative estimate of drug-likeness (QED) is 0.866. The lowest BCUT2D eigenvalue weighted by atomic mass is 9.97. The maximum absolute atomic E-state index is 5.22. The van der Waals surface area contributed by atoms with Crippen molar-refractivity contribution in [2.75, 3.05) is 39.2 Å². The molecule has 1 aromatic heterocycles. The van der Waals surface area contributed by atoms with Crippen molar-refractivity contribution in [3.8, 4) is 0 Å². The van der Waals surface area contributed by atoms with Crippen LogP contribution in [0.5, 0.6) is 0 Å². The lowest BCUT2D eigenvalue weighted by Crippen LogP contribution is -2.34. The summed E-state index contributed by atoms with van der Waals surface area (Å²) in [6.45, 7) is 4.26. The number of anilines is 1. The molecule has 1 fully saturated rings. The largest absolute Gasteiger partial charge is 0.384 e. The third-order valence-corrected chi connectivity index (χ3v) is 3.60. The summed E-state index contributed by atoms with van der Waals surface area (Å²) >= 11 is 0. The van der Waals surface area contributed by atoms with E-state index in [1.165, 1.54) is 31.5 Å². The molecule has 0 aliphatic carbocycles. The predicted octanol–water partition coefficient (Wildman–Crippen LogP) is 1.98. The average Bonchev–Trinajstić information content (AvgIpc) is 2.42. The molecule has 0 atom stereocenters. The lowest BCUT2D eigenvalue weighted by Gasteiger charge is -2.31. The summed E-state index contributed by atoms with van der Waals surface area (Å²) in [6, 6.07) is 4.19. The molecule has 1 aliphatic rings. The Morgan fingerprint density at radius 3 is 2.72 bits per heavy atom. The fraction of sp³-hybridized carbons (Fsp3) is 0.643. The number of methoxy groups -OCH3 is 1. The van der Waals surface area contributed by atoms with Crippen molar-refractivity contribution in [3.05, 3.63) is 23.9 Å². The summed E-state index contributed by atoms with van der Waals surface area (Å²) in [4.78, 5) is 6.85. The summed E-state index contributed by atoms with van der Waals surface area (Å²) in [6.07, 6.45) is 4.46. The Balaban J connectivity index is 1.80. The van der Waals surface area contributed by atoms with E-state index in [1.54, 1.807) is 7.11 Å². The molecular formula is C14H23N3O. The molecular weight excluding hydrogens is 226 g/mol. The number of ether oxygens (including phenoxy) is 1. The van der Waals surface area contributed by atoms with Crippen molar-refractivity contribution in [2.45, 2.75) is 19.4 Å². The van der Waals surface area contributed by atoms with Gasteiger partial charge in [-0.25, -0.2) is 4.98 Å². The van der Waals surface area contributed by atoms with Gasteiger partial charge in [-0.2, -0.15) is 0 Å². The van der Waals surface area contributed by atoms with Gasteiger partial charge in [0.25, 0.3) is 0 Å². The molecule has 0 amide bonds. The standard InChI is InChI=1S/C14H23N3O/c1-15-14-4-3-13(9-16-14)10-17-7-5-12(6-8-17)11-18-2/h3-4,9,12H,5-8,10-11H2,1-2H3,(H,15,16). The van der Waals surface area contributed by atoms with Crippen molar-refractivity contribution in [3.63, 3.8) is 0 Å². The fourth-order valence-corrected chi connectivity index (χ4v) is 2.47. The van der Waals surface area contributed by atoms with Crippen molar-refractivity contribution in [2.24, 2.45) is 5.92 Å². The second kappa shape index (κ2) is 6.71. The van der Waals surface area contributed by atoms with E-state index < -0.39 is 0 Å². The van der Waals surface area contributed by atoms with Gasteiger partial charge in [0.05, 0.1) is 0 Å². The van der Waals surface area contributed by atoms with Crippen molar-refractivity contribution in [1.29, 1.82) is 0 Å². The van der Waals surface area contributed by atoms with E-state index in [-0.39, 0.29) is 0 Å². The van der Waals surface area contributed by atoms with Crippen LogP contribution in [0.3, 0.4) is 0 Å². The first-order chi connectivity index (χ1) is 8.81. The van der Waals surface area contributed by atoms with Crippen LogP contribution in [0.2, 0.25) is 0 Å². The van der Waals surface area contributed by atoms with Gasteiger partial charge in [0, 0.05) is 33.5 Å². The third-order valence-electron chi connectivity index (χ3n) is 3.60. The zero-order valence-corrected chi connectivity index (χ0v) is 11.4. The molecule has 0 bridgehead atoms. The van der Waals surface area contributed by atoms with E-state index in [0.717, 1.165) is 24.9 Å². The van der Waals surface area contributed by atoms with Crippen LogP contribution in [0.25, 0.3) is 0 Å². The van der Waals surface area contributed by atoms with Crippen LogP contribution in [-0.4, -0.2) is 43.7 Å². The first-order valence-corrected chi connectivity index (χ1v) is 6.66. The Bertz CT molecular complexity index is 345. The minimum Gasteiger partial charge on any atom is -0.384 e. The predicted molar refractivity (Wildman–Crippen MR) is 73.7 cm³/mol. The van der Waals surface area contributed by atoms with Gasteiger partial charge < -0.3 is 10.1 Å². The molecule has 2 rings (SSSR count). The first-order valence-electron chi connectivity index (χ1n) is 6.66. The SMILES string of the molecule is CNc1ccc(CN2CCC(COC)CC2)cn1. The number of hydrogen-bond donors (Lipinski definition) is 1. The molecule has 1 aromatic rings. The van der Waals surface area contributed by atoms with Crippen molar-refractivity contribution >= 4 is 5.82 Å². The van der Waals surface area contributed by atoms with E-state index in [2.05, 4.69) is 21.3 Å². The van der Waals surface area contributed by atoms with Crippen molar-refractivity contribution in [1.82, 2.24) is 9.88 Å². The highest BCUT2D eigenvalue weighted by molar-refractivity contribution is 5.34. The Kier molecular flexibility index (Phi) is 4.96. The third kappa shape index (κ3) is 3.68. The first kappa shape index (κ1) is 13.3. The number of hydrogen-bond acceptors (Lipinski definition) is 4. The van der Waals surface area contributed by atoms with Crippen LogP contribution in [0.4, 0.5) is 5.82 Å². The second-order valence-electron chi connectivity index (χ2n) is 4.98. The van der Waals surface area contributed by atoms with E-state index in [1.807, 2.05) is 19.3 Å². The van der Waals surface area contributed by atoms with E-state index in [9.17, 15) is 0 Å². The number of nitrogens with one attached hydrogen (secondary N) is 1. The number of rotatable bonds is 5. The Morgan fingerprint density at radius 2 is 2.17 bits per heavy atom. The average molecular weight is 249 g/mol. The molecule has 18 heavy (non-hydrogen) atoms. The number of piperidine rings is 1. The Morgan fingerprint density at radius 1 is 1.39 bits per heavy atom. The highest BCUT2D eigenvalue weighted by Gasteiger charge is 2.18. The summed E-state index contributed by atoms with van der Waals surface area (Å²) in [5, 5.41) is 3.04. The topological polar surface area (TPSA) is 37.4 Å².